The van der Waals surface area contributed by atoms with E-state index in [0.29, 0.717) is 29.5 Å². The van der Waals surface area contributed by atoms with E-state index in [-0.39, 0.29) is 5.91 Å². The minimum atomic E-state index is -0.656. The highest BCUT2D eigenvalue weighted by Gasteiger charge is 2.16. The van der Waals surface area contributed by atoms with Gasteiger partial charge < -0.3 is 24.3 Å². The number of hydrogen-bond donors (Lipinski definition) is 1. The molecule has 6 nitrogen and oxygen atoms in total. The lowest BCUT2D eigenvalue weighted by atomic mass is 10.2. The molecule has 0 radical (unpaired) electrons. The van der Waals surface area contributed by atoms with Gasteiger partial charge in [-0.2, -0.15) is 0 Å². The van der Waals surface area contributed by atoms with E-state index < -0.39 is 6.10 Å². The van der Waals surface area contributed by atoms with Crippen molar-refractivity contribution < 1.29 is 23.7 Å². The third-order valence-corrected chi connectivity index (χ3v) is 3.66. The highest BCUT2D eigenvalue weighted by atomic mass is 16.5. The largest absolute Gasteiger partial charge is 0.493 e. The zero-order valence-corrected chi connectivity index (χ0v) is 14.9. The van der Waals surface area contributed by atoms with Crippen molar-refractivity contribution in [2.75, 3.05) is 21.3 Å². The molecule has 0 heterocycles. The summed E-state index contributed by atoms with van der Waals surface area (Å²) in [7, 11) is 4.71. The highest BCUT2D eigenvalue weighted by molar-refractivity contribution is 5.80. The van der Waals surface area contributed by atoms with Crippen molar-refractivity contribution in [3.05, 3.63) is 48.0 Å². The van der Waals surface area contributed by atoms with Crippen molar-refractivity contribution >= 4 is 5.91 Å². The fraction of sp³-hybridized carbons (Fsp3) is 0.316. The summed E-state index contributed by atoms with van der Waals surface area (Å²) < 4.78 is 21.4. The summed E-state index contributed by atoms with van der Waals surface area (Å²) in [5.41, 5.74) is 0.899. The van der Waals surface area contributed by atoms with Crippen LogP contribution in [-0.4, -0.2) is 33.3 Å². The molecule has 0 saturated heterocycles. The molecule has 1 N–H and O–H groups in total. The summed E-state index contributed by atoms with van der Waals surface area (Å²) >= 11 is 0. The van der Waals surface area contributed by atoms with Crippen molar-refractivity contribution in [3.63, 3.8) is 0 Å². The van der Waals surface area contributed by atoms with Crippen LogP contribution in [0, 0.1) is 0 Å². The van der Waals surface area contributed by atoms with Gasteiger partial charge in [0.2, 0.25) is 0 Å². The lowest BCUT2D eigenvalue weighted by Crippen LogP contribution is -2.35. The Kier molecular flexibility index (Phi) is 6.51. The maximum atomic E-state index is 12.3. The molecule has 2 aromatic carbocycles. The lowest BCUT2D eigenvalue weighted by molar-refractivity contribution is -0.127. The SMILES string of the molecule is COc1ccc(CNC(=O)C(C)Oc2ccccc2OC)cc1OC. The third-order valence-electron chi connectivity index (χ3n) is 3.66. The molecule has 0 aliphatic rings. The van der Waals surface area contributed by atoms with Crippen molar-refractivity contribution in [2.45, 2.75) is 19.6 Å². The fourth-order valence-electron chi connectivity index (χ4n) is 2.28. The number of para-hydroxylation sites is 2. The topological polar surface area (TPSA) is 66.0 Å². The van der Waals surface area contributed by atoms with E-state index in [1.807, 2.05) is 24.3 Å². The van der Waals surface area contributed by atoms with Gasteiger partial charge in [-0.15, -0.1) is 0 Å². The van der Waals surface area contributed by atoms with Crippen LogP contribution >= 0.6 is 0 Å². The molecule has 1 amide bonds. The molecule has 0 saturated carbocycles. The minimum Gasteiger partial charge on any atom is -0.493 e. The number of amides is 1. The Hall–Kier alpha value is -2.89. The van der Waals surface area contributed by atoms with Crippen molar-refractivity contribution in [1.29, 1.82) is 0 Å². The van der Waals surface area contributed by atoms with Gasteiger partial charge in [0.15, 0.2) is 29.1 Å². The van der Waals surface area contributed by atoms with Gasteiger partial charge in [-0.25, -0.2) is 0 Å². The van der Waals surface area contributed by atoms with Crippen LogP contribution in [0.5, 0.6) is 23.0 Å². The van der Waals surface area contributed by atoms with E-state index in [4.69, 9.17) is 18.9 Å². The standard InChI is InChI=1S/C19H23NO5/c1-13(25-17-8-6-5-7-15(17)22-2)19(21)20-12-14-9-10-16(23-3)18(11-14)24-4/h5-11,13H,12H2,1-4H3,(H,20,21). The normalized spacial score (nSPS) is 11.4. The second-order valence-corrected chi connectivity index (χ2v) is 5.32. The molecular weight excluding hydrogens is 322 g/mol. The van der Waals surface area contributed by atoms with Crippen LogP contribution < -0.4 is 24.3 Å². The molecule has 134 valence electrons. The molecule has 2 aromatic rings. The predicted octanol–water partition coefficient (Wildman–Crippen LogP) is 2.80. The lowest BCUT2D eigenvalue weighted by Gasteiger charge is -2.17. The monoisotopic (exact) mass is 345 g/mol. The van der Waals surface area contributed by atoms with Gasteiger partial charge in [0.05, 0.1) is 21.3 Å². The van der Waals surface area contributed by atoms with Gasteiger partial charge in [0, 0.05) is 6.54 Å². The Morgan fingerprint density at radius 2 is 1.52 bits per heavy atom. The number of carbonyl (C=O) groups is 1. The summed E-state index contributed by atoms with van der Waals surface area (Å²) in [5.74, 6) is 2.15. The van der Waals surface area contributed by atoms with E-state index in [1.165, 1.54) is 0 Å². The zero-order chi connectivity index (χ0) is 18.2. The van der Waals surface area contributed by atoms with Crippen LogP contribution in [0.4, 0.5) is 0 Å². The summed E-state index contributed by atoms with van der Waals surface area (Å²) in [4.78, 5) is 12.3. The second-order valence-electron chi connectivity index (χ2n) is 5.32. The number of methoxy groups -OCH3 is 3. The van der Waals surface area contributed by atoms with Gasteiger partial charge in [0.25, 0.3) is 5.91 Å². The van der Waals surface area contributed by atoms with E-state index in [2.05, 4.69) is 5.32 Å². The first kappa shape index (κ1) is 18.4. The molecule has 0 fully saturated rings. The average Bonchev–Trinajstić information content (AvgIpc) is 2.66. The summed E-state index contributed by atoms with van der Waals surface area (Å²) in [5, 5.41) is 2.84. The predicted molar refractivity (Wildman–Crippen MR) is 94.5 cm³/mol. The summed E-state index contributed by atoms with van der Waals surface area (Å²) in [6.07, 6.45) is -0.656. The number of rotatable bonds is 8. The zero-order valence-electron chi connectivity index (χ0n) is 14.9. The quantitative estimate of drug-likeness (QED) is 0.797. The van der Waals surface area contributed by atoms with Crippen molar-refractivity contribution in [2.24, 2.45) is 0 Å². The molecule has 0 aromatic heterocycles. The Labute approximate surface area is 147 Å². The maximum absolute atomic E-state index is 12.3. The van der Waals surface area contributed by atoms with Gasteiger partial charge in [-0.1, -0.05) is 18.2 Å². The molecule has 0 bridgehead atoms. The number of nitrogens with one attached hydrogen (secondary N) is 1. The number of benzene rings is 2. The Bertz CT molecular complexity index is 717. The first-order valence-electron chi connectivity index (χ1n) is 7.87. The van der Waals surface area contributed by atoms with Crippen LogP contribution in [0.25, 0.3) is 0 Å². The van der Waals surface area contributed by atoms with Gasteiger partial charge in [0.1, 0.15) is 0 Å². The Morgan fingerprint density at radius 3 is 2.16 bits per heavy atom. The van der Waals surface area contributed by atoms with Crippen LogP contribution in [-0.2, 0) is 11.3 Å². The van der Waals surface area contributed by atoms with E-state index in [1.54, 1.807) is 46.5 Å². The Morgan fingerprint density at radius 1 is 0.920 bits per heavy atom. The number of hydrogen-bond acceptors (Lipinski definition) is 5. The van der Waals surface area contributed by atoms with E-state index in [9.17, 15) is 4.79 Å². The van der Waals surface area contributed by atoms with Gasteiger partial charge in [-0.3, -0.25) is 4.79 Å². The molecule has 1 atom stereocenters. The second kappa shape index (κ2) is 8.82. The van der Waals surface area contributed by atoms with Crippen molar-refractivity contribution in [3.8, 4) is 23.0 Å². The van der Waals surface area contributed by atoms with Gasteiger partial charge in [-0.05, 0) is 36.8 Å². The van der Waals surface area contributed by atoms with E-state index in [0.717, 1.165) is 5.56 Å². The first-order chi connectivity index (χ1) is 12.1. The molecule has 6 heteroatoms. The summed E-state index contributed by atoms with van der Waals surface area (Å²) in [6.45, 7) is 2.05. The first-order valence-corrected chi connectivity index (χ1v) is 7.87. The van der Waals surface area contributed by atoms with Crippen molar-refractivity contribution in [1.82, 2.24) is 5.32 Å². The van der Waals surface area contributed by atoms with E-state index >= 15 is 0 Å². The van der Waals surface area contributed by atoms with Crippen LogP contribution in [0.1, 0.15) is 12.5 Å². The molecule has 2 rings (SSSR count). The third kappa shape index (κ3) is 4.79. The smallest absolute Gasteiger partial charge is 0.261 e. The van der Waals surface area contributed by atoms with Crippen LogP contribution in [0.2, 0.25) is 0 Å². The summed E-state index contributed by atoms with van der Waals surface area (Å²) in [6, 6.07) is 12.7. The molecule has 0 aliphatic heterocycles. The highest BCUT2D eigenvalue weighted by Crippen LogP contribution is 2.28. The molecule has 1 unspecified atom stereocenters. The minimum absolute atomic E-state index is 0.222. The number of carbonyl (C=O) groups excluding carboxylic acids is 1. The van der Waals surface area contributed by atoms with Gasteiger partial charge >= 0.3 is 0 Å². The molecule has 0 aliphatic carbocycles. The maximum Gasteiger partial charge on any atom is 0.261 e. The molecule has 25 heavy (non-hydrogen) atoms. The average molecular weight is 345 g/mol. The number of ether oxygens (including phenoxy) is 4. The molecular formula is C19H23NO5. The fourth-order valence-corrected chi connectivity index (χ4v) is 2.28. The van der Waals surface area contributed by atoms with Crippen LogP contribution in [0.3, 0.4) is 0 Å². The van der Waals surface area contributed by atoms with Crippen LogP contribution in [0.15, 0.2) is 42.5 Å². The Balaban J connectivity index is 1.95. The molecule has 0 spiro atoms.